The minimum Gasteiger partial charge on any atom is -0.489 e. The maximum atomic E-state index is 13.3. The van der Waals surface area contributed by atoms with E-state index in [1.54, 1.807) is 26.8 Å². The summed E-state index contributed by atoms with van der Waals surface area (Å²) in [5.74, 6) is -4.35. The van der Waals surface area contributed by atoms with E-state index in [-0.39, 0.29) is 157 Å². The number of piperidine rings is 3. The minimum absolute atomic E-state index is 0.00345. The highest BCUT2D eigenvalue weighted by molar-refractivity contribution is 6.04. The van der Waals surface area contributed by atoms with Gasteiger partial charge in [-0.1, -0.05) is 111 Å². The molecule has 24 nitrogen and oxygen atoms in total. The Morgan fingerprint density at radius 1 is 0.422 bits per heavy atom. The Hall–Kier alpha value is -11.0. The van der Waals surface area contributed by atoms with Crippen LogP contribution in [0.5, 0.6) is 17.2 Å². The lowest BCUT2D eigenvalue weighted by Gasteiger charge is -2.31. The fourth-order valence-electron chi connectivity index (χ4n) is 12.6. The average Bonchev–Trinajstić information content (AvgIpc) is 1.57. The maximum Gasteiger partial charge on any atom is 0.255 e. The van der Waals surface area contributed by atoms with Gasteiger partial charge in [-0.25, -0.2) is 0 Å². The quantitative estimate of drug-likeness (QED) is 0.0774. The summed E-state index contributed by atoms with van der Waals surface area (Å²) in [4.78, 5) is 122. The Bertz CT molecular complexity index is 4960. The normalized spacial score (nSPS) is 23.8. The van der Waals surface area contributed by atoms with Crippen molar-refractivity contribution in [3.63, 3.8) is 0 Å². The van der Waals surface area contributed by atoms with Crippen molar-refractivity contribution in [3.8, 4) is 17.2 Å². The third-order valence-electron chi connectivity index (χ3n) is 18.3. The molecule has 9 aliphatic heterocycles. The molecule has 9 heterocycles. The summed E-state index contributed by atoms with van der Waals surface area (Å²) < 4.78 is 135. The zero-order valence-electron chi connectivity index (χ0n) is 67.7. The van der Waals surface area contributed by atoms with Crippen LogP contribution in [0.15, 0.2) is 164 Å². The van der Waals surface area contributed by atoms with E-state index >= 15 is 0 Å². The van der Waals surface area contributed by atoms with Gasteiger partial charge in [0.15, 0.2) is 0 Å². The molecule has 4 atom stereocenters. The van der Waals surface area contributed by atoms with Gasteiger partial charge in [-0.05, 0) is 108 Å². The summed E-state index contributed by atoms with van der Waals surface area (Å²) in [7, 11) is 0. The summed E-state index contributed by atoms with van der Waals surface area (Å²) in [6, 6.07) is 18.8. The Labute approximate surface area is 607 Å². The molecule has 0 radical (unpaired) electrons. The molecule has 6 aromatic carbocycles. The van der Waals surface area contributed by atoms with Gasteiger partial charge >= 0.3 is 0 Å². The molecule has 9 aliphatic rings. The molecule has 0 aromatic heterocycles. The van der Waals surface area contributed by atoms with E-state index in [0.29, 0.717) is 95.4 Å². The first kappa shape index (κ1) is 55.8. The van der Waals surface area contributed by atoms with Crippen LogP contribution < -0.4 is 30.2 Å². The summed E-state index contributed by atoms with van der Waals surface area (Å²) in [5, 5.41) is 7.77. The maximum absolute atomic E-state index is 13.3. The van der Waals surface area contributed by atoms with Crippen molar-refractivity contribution in [1.82, 2.24) is 45.3 Å². The second-order valence-electron chi connectivity index (χ2n) is 25.3. The molecule has 6 fully saturated rings. The Kier molecular flexibility index (Phi) is 17.1. The van der Waals surface area contributed by atoms with Crippen LogP contribution in [-0.4, -0.2) is 160 Å². The minimum atomic E-state index is -2.47. The molecule has 6 aromatic rings. The molecule has 0 spiro atoms. The smallest absolute Gasteiger partial charge is 0.255 e. The molecule has 24 heteroatoms. The molecule has 102 heavy (non-hydrogen) atoms. The van der Waals surface area contributed by atoms with Gasteiger partial charge in [0, 0.05) is 89.7 Å². The lowest BCUT2D eigenvalue weighted by molar-refractivity contribution is -0.144. The van der Waals surface area contributed by atoms with Crippen LogP contribution in [0.2, 0.25) is 0 Å². The number of fused-ring (bicyclic) bond motifs is 3. The topological polar surface area (TPSA) is 265 Å². The molecule has 15 rings (SSSR count). The molecule has 6 saturated heterocycles. The van der Waals surface area contributed by atoms with Crippen LogP contribution in [0.4, 0.5) is 0 Å². The van der Waals surface area contributed by atoms with Crippen molar-refractivity contribution in [2.75, 3.05) is 59.3 Å². The van der Waals surface area contributed by atoms with Gasteiger partial charge in [0.2, 0.25) is 35.4 Å². The lowest BCUT2D eigenvalue weighted by atomic mass is 10.0. The average molecular weight is 1400 g/mol. The fourth-order valence-corrected chi connectivity index (χ4v) is 12.6. The Balaban J connectivity index is 0.000000149. The molecule has 3 N–H and O–H groups in total. The zero-order chi connectivity index (χ0) is 81.5. The number of carbonyl (C=O) groups excluding carboxylic acids is 9. The van der Waals surface area contributed by atoms with Crippen molar-refractivity contribution in [3.05, 3.63) is 231 Å². The van der Waals surface area contributed by atoms with Gasteiger partial charge in [0.1, 0.15) is 75.0 Å². The summed E-state index contributed by atoms with van der Waals surface area (Å²) >= 11 is 0. The Morgan fingerprint density at radius 3 is 1.20 bits per heavy atom. The van der Waals surface area contributed by atoms with Gasteiger partial charge in [-0.3, -0.25) is 43.2 Å². The van der Waals surface area contributed by atoms with E-state index in [0.717, 1.165) is 60.2 Å². The van der Waals surface area contributed by atoms with Gasteiger partial charge in [-0.15, -0.1) is 0 Å². The van der Waals surface area contributed by atoms with E-state index in [1.807, 2.05) is 60.7 Å². The second-order valence-corrected chi connectivity index (χ2v) is 25.3. The van der Waals surface area contributed by atoms with Crippen LogP contribution in [0.1, 0.15) is 136 Å². The first-order valence-electron chi connectivity index (χ1n) is 39.4. The number of hydrogen-bond acceptors (Lipinski definition) is 15. The number of amides is 9. The van der Waals surface area contributed by atoms with Crippen molar-refractivity contribution in [1.29, 1.82) is 0 Å². The van der Waals surface area contributed by atoms with Crippen LogP contribution in [-0.2, 0) is 102 Å². The predicted molar refractivity (Wildman–Crippen MR) is 371 cm³/mol. The highest BCUT2D eigenvalue weighted by atomic mass is 16.5. The van der Waals surface area contributed by atoms with Crippen LogP contribution in [0, 0.1) is 0 Å². The van der Waals surface area contributed by atoms with Gasteiger partial charge in [0.25, 0.3) is 17.7 Å². The number of nitrogens with one attached hydrogen (secondary N) is 3. The highest BCUT2D eigenvalue weighted by Crippen LogP contribution is 2.38. The largest absolute Gasteiger partial charge is 0.489 e. The van der Waals surface area contributed by atoms with E-state index in [1.165, 1.54) is 0 Å². The number of ether oxygens (including phenoxy) is 6. The third kappa shape index (κ3) is 15.9. The van der Waals surface area contributed by atoms with Crippen LogP contribution >= 0.6 is 0 Å². The number of rotatable bonds is 18. The summed E-state index contributed by atoms with van der Waals surface area (Å²) in [6.45, 7) is 9.59. The highest BCUT2D eigenvalue weighted by Gasteiger charge is 2.43. The first-order valence-corrected chi connectivity index (χ1v) is 33.3. The molecule has 0 saturated carbocycles. The monoisotopic (exact) mass is 1400 g/mol. The molecule has 9 amide bonds. The lowest BCUT2D eigenvalue weighted by Crippen LogP contribution is -2.49. The first-order chi connectivity index (χ1) is 54.3. The molecule has 0 aliphatic carbocycles. The molecule has 528 valence electrons. The molecule has 4 unspecified atom stereocenters. The molecular formula is C78H81N9O15. The predicted octanol–water partition coefficient (Wildman–Crippen LogP) is 7.12. The van der Waals surface area contributed by atoms with Crippen molar-refractivity contribution < 1.29 is 88.0 Å². The van der Waals surface area contributed by atoms with E-state index in [4.69, 9.17) is 44.9 Å². The standard InChI is InChI=1S/3C26H27N3O5/c3*1-17-5-10-22(25(31)27-17)29-14-21-20(26(29)32)3-2-4-23(21)34-15-19-8-6-18(7-9-19)13-28-11-12-33-16-24(28)30/h3*2-4,6-9,22H,1,5,10-16H2,(H,27,31)/i2D,3D,4D,14D;3D,4D,14D2;2D,4D,14D2. The van der Waals surface area contributed by atoms with Crippen molar-refractivity contribution in [2.24, 2.45) is 0 Å². The second kappa shape index (κ2) is 31.3. The number of hydrogen-bond donors (Lipinski definition) is 3. The Morgan fingerprint density at radius 2 is 0.775 bits per heavy atom. The number of carbonyl (C=O) groups is 9. The number of nitrogens with zero attached hydrogens (tertiary/aromatic N) is 6. The van der Waals surface area contributed by atoms with Crippen molar-refractivity contribution in [2.45, 2.75) is 116 Å². The molecular weight excluding hydrogens is 1300 g/mol. The summed E-state index contributed by atoms with van der Waals surface area (Å²) in [5.41, 5.74) is 5.71. The van der Waals surface area contributed by atoms with Crippen LogP contribution in [0.3, 0.4) is 0 Å². The van der Waals surface area contributed by atoms with Gasteiger partial charge < -0.3 is 73.8 Å². The fraction of sp³-hybridized carbons (Fsp3) is 0.346. The zero-order valence-corrected chi connectivity index (χ0v) is 55.7. The van der Waals surface area contributed by atoms with E-state index in [9.17, 15) is 43.2 Å². The third-order valence-corrected chi connectivity index (χ3v) is 18.3. The van der Waals surface area contributed by atoms with Gasteiger partial charge in [0.05, 0.1) is 55.8 Å². The number of allylic oxidation sites excluding steroid dienone is 3. The van der Waals surface area contributed by atoms with Crippen molar-refractivity contribution >= 4 is 53.2 Å². The number of morpholine rings is 3. The number of benzene rings is 6. The van der Waals surface area contributed by atoms with Crippen LogP contribution in [0.25, 0.3) is 0 Å². The van der Waals surface area contributed by atoms with Gasteiger partial charge in [-0.2, -0.15) is 0 Å². The van der Waals surface area contributed by atoms with E-state index in [2.05, 4.69) is 35.7 Å². The molecule has 0 bridgehead atoms. The SMILES string of the molecule is [2H]c1c([2H])c(OCc2ccc(CN3CCOCC3=O)cc2)c2c(c1[2H])C(=O)N(C1CCC(=C)NC1=O)C2[2H].[2H]c1cc([2H])c2c(c1OCc1ccc(CN3CCOCC3=O)cc1)C([2H])([2H])N(C1CCC(=C)NC1=O)C2=O.[2H]c1cc2c(c(OCc3ccc(CN4CCOCC4=O)cc3)c1[2H])C([2H])([2H])N(C1CCC(=C)NC1=O)C2=O. The van der Waals surface area contributed by atoms with E-state index < -0.39 is 85.2 Å². The summed E-state index contributed by atoms with van der Waals surface area (Å²) in [6.07, 6.45) is 1.94.